The summed E-state index contributed by atoms with van der Waals surface area (Å²) in [6.45, 7) is 6.11. The third-order valence-corrected chi connectivity index (χ3v) is 7.78. The smallest absolute Gasteiger partial charge is 0.341 e. The van der Waals surface area contributed by atoms with E-state index in [-0.39, 0.29) is 12.1 Å². The molecule has 8 heteroatoms. The molecule has 0 unspecified atom stereocenters. The summed E-state index contributed by atoms with van der Waals surface area (Å²) in [7, 11) is 0. The van der Waals surface area contributed by atoms with Crippen LogP contribution in [-0.2, 0) is 15.9 Å². The molecule has 0 amide bonds. The standard InChI is InChI=1S/C27H31N5O3/c1-4-27(5-2)23-17(25(33)35-27)10-11-21(32-23)31-22-12-18-19(13-29-22)24(34-16-8-9-16)30-14-20(18)26(3,28)15-6-7-15/h10-16H,4-9,28H2,1-3H3,(H,29,31,32)/t26-/m1/s1. The number of rotatable bonds is 8. The van der Waals surface area contributed by atoms with Crippen LogP contribution in [0.1, 0.15) is 80.9 Å². The number of carbonyl (C=O) groups is 1. The van der Waals surface area contributed by atoms with E-state index >= 15 is 0 Å². The molecule has 8 nitrogen and oxygen atoms in total. The van der Waals surface area contributed by atoms with Gasteiger partial charge in [-0.05, 0) is 80.5 Å². The van der Waals surface area contributed by atoms with Gasteiger partial charge in [0.1, 0.15) is 23.4 Å². The van der Waals surface area contributed by atoms with E-state index in [0.717, 1.165) is 42.0 Å². The fourth-order valence-electron chi connectivity index (χ4n) is 5.13. The van der Waals surface area contributed by atoms with Crippen LogP contribution in [0.5, 0.6) is 5.88 Å². The van der Waals surface area contributed by atoms with Gasteiger partial charge in [-0.3, -0.25) is 0 Å². The second-order valence-corrected chi connectivity index (χ2v) is 10.3. The van der Waals surface area contributed by atoms with Gasteiger partial charge in [-0.15, -0.1) is 0 Å². The number of nitrogens with two attached hydrogens (primary N) is 1. The first-order valence-electron chi connectivity index (χ1n) is 12.6. The van der Waals surface area contributed by atoms with Gasteiger partial charge >= 0.3 is 5.97 Å². The maximum atomic E-state index is 12.4. The first kappa shape index (κ1) is 22.2. The number of anilines is 2. The lowest BCUT2D eigenvalue weighted by Crippen LogP contribution is -2.35. The molecule has 182 valence electrons. The molecular formula is C27H31N5O3. The maximum absolute atomic E-state index is 12.4. The van der Waals surface area contributed by atoms with E-state index in [0.29, 0.717) is 47.5 Å². The number of nitrogens with zero attached hydrogens (tertiary/aromatic N) is 3. The molecule has 4 heterocycles. The van der Waals surface area contributed by atoms with Crippen molar-refractivity contribution in [1.29, 1.82) is 0 Å². The van der Waals surface area contributed by atoms with E-state index in [1.54, 1.807) is 18.3 Å². The molecule has 2 aliphatic carbocycles. The molecule has 2 fully saturated rings. The number of pyridine rings is 3. The van der Waals surface area contributed by atoms with Crippen LogP contribution in [0.2, 0.25) is 0 Å². The molecule has 2 saturated carbocycles. The van der Waals surface area contributed by atoms with Gasteiger partial charge in [0.25, 0.3) is 0 Å². The molecule has 1 aliphatic heterocycles. The molecule has 3 aliphatic rings. The minimum absolute atomic E-state index is 0.236. The van der Waals surface area contributed by atoms with Crippen molar-refractivity contribution < 1.29 is 14.3 Å². The Balaban J connectivity index is 1.40. The molecule has 6 rings (SSSR count). The molecule has 3 aromatic rings. The van der Waals surface area contributed by atoms with Gasteiger partial charge in [0.05, 0.1) is 10.9 Å². The van der Waals surface area contributed by atoms with Crippen molar-refractivity contribution in [3.8, 4) is 5.88 Å². The summed E-state index contributed by atoms with van der Waals surface area (Å²) in [5.41, 5.74) is 7.89. The summed E-state index contributed by atoms with van der Waals surface area (Å²) in [6, 6.07) is 5.57. The number of hydrogen-bond acceptors (Lipinski definition) is 8. The Morgan fingerprint density at radius 3 is 2.57 bits per heavy atom. The highest BCUT2D eigenvalue weighted by molar-refractivity contribution is 5.95. The summed E-state index contributed by atoms with van der Waals surface area (Å²) in [5.74, 6) is 2.00. The normalized spacial score (nSPS) is 20.3. The van der Waals surface area contributed by atoms with Crippen molar-refractivity contribution >= 4 is 28.4 Å². The summed E-state index contributed by atoms with van der Waals surface area (Å²) >= 11 is 0. The number of nitrogens with one attached hydrogen (secondary N) is 1. The minimum atomic E-state index is -0.680. The number of ether oxygens (including phenoxy) is 2. The van der Waals surface area contributed by atoms with Crippen molar-refractivity contribution in [2.24, 2.45) is 11.7 Å². The molecule has 3 N–H and O–H groups in total. The SMILES string of the molecule is CCC1(CC)OC(=O)c2ccc(Nc3cc4c([C@](C)(N)C5CC5)cnc(OC5CC5)c4cn3)nc21. The van der Waals surface area contributed by atoms with Crippen LogP contribution in [0.4, 0.5) is 11.6 Å². The molecule has 0 saturated heterocycles. The van der Waals surface area contributed by atoms with E-state index in [9.17, 15) is 4.79 Å². The van der Waals surface area contributed by atoms with Crippen LogP contribution in [0, 0.1) is 5.92 Å². The van der Waals surface area contributed by atoms with Gasteiger partial charge in [-0.1, -0.05) is 13.8 Å². The summed E-state index contributed by atoms with van der Waals surface area (Å²) in [6.07, 6.45) is 9.62. The van der Waals surface area contributed by atoms with Gasteiger partial charge < -0.3 is 20.5 Å². The van der Waals surface area contributed by atoms with E-state index in [1.807, 2.05) is 26.1 Å². The quantitative estimate of drug-likeness (QED) is 0.436. The van der Waals surface area contributed by atoms with Crippen molar-refractivity contribution in [1.82, 2.24) is 15.0 Å². The Morgan fingerprint density at radius 2 is 1.89 bits per heavy atom. The van der Waals surface area contributed by atoms with Crippen molar-refractivity contribution in [2.75, 3.05) is 5.32 Å². The molecule has 3 aromatic heterocycles. The molecular weight excluding hydrogens is 442 g/mol. The Labute approximate surface area is 204 Å². The molecule has 0 spiro atoms. The number of aromatic nitrogens is 3. The van der Waals surface area contributed by atoms with Crippen LogP contribution >= 0.6 is 0 Å². The van der Waals surface area contributed by atoms with Crippen LogP contribution < -0.4 is 15.8 Å². The first-order valence-corrected chi connectivity index (χ1v) is 12.6. The molecule has 0 radical (unpaired) electrons. The first-order chi connectivity index (χ1) is 16.8. The van der Waals surface area contributed by atoms with E-state index in [2.05, 4.69) is 22.2 Å². The Bertz CT molecular complexity index is 1330. The van der Waals surface area contributed by atoms with Gasteiger partial charge in [-0.2, -0.15) is 0 Å². The fourth-order valence-corrected chi connectivity index (χ4v) is 5.13. The van der Waals surface area contributed by atoms with Crippen LogP contribution in [0.25, 0.3) is 10.8 Å². The van der Waals surface area contributed by atoms with E-state index < -0.39 is 11.1 Å². The van der Waals surface area contributed by atoms with E-state index in [1.165, 1.54) is 0 Å². The third kappa shape index (κ3) is 3.71. The molecule has 1 atom stereocenters. The predicted octanol–water partition coefficient (Wildman–Crippen LogP) is 5.08. The summed E-state index contributed by atoms with van der Waals surface area (Å²) in [4.78, 5) is 26.5. The number of hydrogen-bond donors (Lipinski definition) is 2. The Morgan fingerprint density at radius 1 is 1.11 bits per heavy atom. The minimum Gasteiger partial charge on any atom is -0.474 e. The summed E-state index contributed by atoms with van der Waals surface area (Å²) < 4.78 is 11.8. The zero-order chi connectivity index (χ0) is 24.4. The molecule has 0 aromatic carbocycles. The number of fused-ring (bicyclic) bond motifs is 2. The Hall–Kier alpha value is -3.26. The molecule has 0 bridgehead atoms. The van der Waals surface area contributed by atoms with Crippen LogP contribution in [0.15, 0.2) is 30.6 Å². The lowest BCUT2D eigenvalue weighted by molar-refractivity contribution is -0.0142. The largest absolute Gasteiger partial charge is 0.474 e. The van der Waals surface area contributed by atoms with Crippen molar-refractivity contribution in [3.63, 3.8) is 0 Å². The van der Waals surface area contributed by atoms with Gasteiger partial charge in [0, 0.05) is 17.9 Å². The maximum Gasteiger partial charge on any atom is 0.341 e. The topological polar surface area (TPSA) is 112 Å². The van der Waals surface area contributed by atoms with Gasteiger partial charge in [0.15, 0.2) is 5.60 Å². The second-order valence-electron chi connectivity index (χ2n) is 10.3. The lowest BCUT2D eigenvalue weighted by Gasteiger charge is -2.27. The summed E-state index contributed by atoms with van der Waals surface area (Å²) in [5, 5.41) is 5.19. The fraction of sp³-hybridized carbons (Fsp3) is 0.481. The number of esters is 1. The predicted molar refractivity (Wildman–Crippen MR) is 133 cm³/mol. The molecule has 35 heavy (non-hydrogen) atoms. The Kier molecular flexibility index (Phi) is 5.00. The highest BCUT2D eigenvalue weighted by Gasteiger charge is 2.45. The van der Waals surface area contributed by atoms with Gasteiger partial charge in [-0.25, -0.2) is 19.7 Å². The average Bonchev–Trinajstić information content (AvgIpc) is 3.77. The average molecular weight is 474 g/mol. The highest BCUT2D eigenvalue weighted by atomic mass is 16.6. The van der Waals surface area contributed by atoms with Crippen LogP contribution in [0.3, 0.4) is 0 Å². The number of carbonyl (C=O) groups excluding carboxylic acids is 1. The second kappa shape index (κ2) is 7.88. The van der Waals surface area contributed by atoms with E-state index in [4.69, 9.17) is 20.2 Å². The van der Waals surface area contributed by atoms with Crippen LogP contribution in [-0.4, -0.2) is 27.0 Å². The monoisotopic (exact) mass is 473 g/mol. The van der Waals surface area contributed by atoms with Crippen molar-refractivity contribution in [3.05, 3.63) is 47.4 Å². The zero-order valence-electron chi connectivity index (χ0n) is 20.4. The zero-order valence-corrected chi connectivity index (χ0v) is 20.4. The highest BCUT2D eigenvalue weighted by Crippen LogP contribution is 2.47. The van der Waals surface area contributed by atoms with Gasteiger partial charge in [0.2, 0.25) is 5.88 Å². The number of cyclic esters (lactones) is 1. The van der Waals surface area contributed by atoms with Crippen molar-refractivity contribution in [2.45, 2.75) is 76.5 Å². The lowest BCUT2D eigenvalue weighted by atomic mass is 9.86. The third-order valence-electron chi connectivity index (χ3n) is 7.78.